The fourth-order valence-electron chi connectivity index (χ4n) is 2.39. The van der Waals surface area contributed by atoms with E-state index in [1.165, 1.54) is 0 Å². The van der Waals surface area contributed by atoms with Crippen molar-refractivity contribution in [3.8, 4) is 5.75 Å². The minimum absolute atomic E-state index is 0.00484. The van der Waals surface area contributed by atoms with Crippen molar-refractivity contribution in [2.24, 2.45) is 5.73 Å². The zero-order valence-electron chi connectivity index (χ0n) is 10.1. The van der Waals surface area contributed by atoms with Crippen LogP contribution in [0, 0.1) is 0 Å². The van der Waals surface area contributed by atoms with Crippen molar-refractivity contribution < 1.29 is 4.74 Å². The van der Waals surface area contributed by atoms with E-state index in [0.29, 0.717) is 0 Å². The van der Waals surface area contributed by atoms with E-state index in [2.05, 4.69) is 44.0 Å². The third kappa shape index (κ3) is 2.71. The molecule has 1 aliphatic rings. The van der Waals surface area contributed by atoms with Crippen molar-refractivity contribution in [3.05, 3.63) is 62.5 Å². The summed E-state index contributed by atoms with van der Waals surface area (Å²) in [6.45, 7) is 0. The van der Waals surface area contributed by atoms with Crippen LogP contribution in [-0.4, -0.2) is 0 Å². The summed E-state index contributed by atoms with van der Waals surface area (Å²) in [5.74, 6) is 0.881. The molecule has 2 N–H and O–H groups in total. The van der Waals surface area contributed by atoms with Crippen molar-refractivity contribution in [2.75, 3.05) is 0 Å². The fourth-order valence-corrected chi connectivity index (χ4v) is 3.18. The number of benzene rings is 2. The highest BCUT2D eigenvalue weighted by atomic mass is 79.9. The molecule has 0 radical (unpaired) electrons. The Hall–Kier alpha value is -0.840. The Morgan fingerprint density at radius 2 is 1.84 bits per heavy atom. The van der Waals surface area contributed by atoms with E-state index in [1.54, 1.807) is 0 Å². The number of hydrogen-bond acceptors (Lipinski definition) is 2. The molecule has 2 nitrogen and oxygen atoms in total. The van der Waals surface area contributed by atoms with Crippen LogP contribution in [0.3, 0.4) is 0 Å². The second-order valence-electron chi connectivity index (χ2n) is 4.69. The molecule has 0 amide bonds. The van der Waals surface area contributed by atoms with Gasteiger partial charge in [-0.25, -0.2) is 0 Å². The Bertz CT molecular complexity index is 615. The Balaban J connectivity index is 1.95. The highest BCUT2D eigenvalue weighted by Crippen LogP contribution is 2.41. The summed E-state index contributed by atoms with van der Waals surface area (Å²) in [5.41, 5.74) is 8.49. The van der Waals surface area contributed by atoms with Gasteiger partial charge in [0.1, 0.15) is 11.9 Å². The monoisotopic (exact) mass is 381 g/mol. The van der Waals surface area contributed by atoms with Crippen LogP contribution in [0.5, 0.6) is 5.75 Å². The lowest BCUT2D eigenvalue weighted by molar-refractivity contribution is 0.161. The molecule has 1 aliphatic heterocycles. The molecular weight excluding hydrogens is 370 g/mol. The molecule has 0 fully saturated rings. The lowest BCUT2D eigenvalue weighted by Gasteiger charge is -2.30. The van der Waals surface area contributed by atoms with Gasteiger partial charge in [0.25, 0.3) is 0 Å². The maximum Gasteiger partial charge on any atom is 0.126 e. The Labute approximate surface area is 129 Å². The van der Waals surface area contributed by atoms with Crippen LogP contribution in [0.1, 0.15) is 29.7 Å². The van der Waals surface area contributed by atoms with Gasteiger partial charge in [0.15, 0.2) is 0 Å². The van der Waals surface area contributed by atoms with Crippen LogP contribution < -0.4 is 10.5 Å². The Kier molecular flexibility index (Phi) is 3.65. The van der Waals surface area contributed by atoms with Gasteiger partial charge in [0.2, 0.25) is 0 Å². The van der Waals surface area contributed by atoms with Crippen LogP contribution in [0.15, 0.2) is 51.4 Å². The number of fused-ring (bicyclic) bond motifs is 1. The predicted octanol–water partition coefficient (Wildman–Crippen LogP) is 4.74. The molecule has 0 aromatic heterocycles. The third-order valence-corrected chi connectivity index (χ3v) is 4.32. The molecule has 0 bridgehead atoms. The smallest absolute Gasteiger partial charge is 0.126 e. The highest BCUT2D eigenvalue weighted by molar-refractivity contribution is 9.10. The van der Waals surface area contributed by atoms with Gasteiger partial charge in [-0.3, -0.25) is 0 Å². The van der Waals surface area contributed by atoms with Gasteiger partial charge in [0, 0.05) is 27.0 Å². The molecule has 0 aliphatic carbocycles. The van der Waals surface area contributed by atoms with Crippen molar-refractivity contribution in [1.82, 2.24) is 0 Å². The standard InChI is InChI=1S/C15H13Br2NO/c16-10-3-1-2-9(6-10)15-8-13(18)12-7-11(17)4-5-14(12)19-15/h1-7,13,15H,8,18H2/t13-,15?/m0/s1. The molecule has 1 unspecified atom stereocenters. The number of hydrogen-bond donors (Lipinski definition) is 1. The third-order valence-electron chi connectivity index (χ3n) is 3.33. The molecule has 19 heavy (non-hydrogen) atoms. The highest BCUT2D eigenvalue weighted by Gasteiger charge is 2.27. The quantitative estimate of drug-likeness (QED) is 0.773. The van der Waals surface area contributed by atoms with Gasteiger partial charge < -0.3 is 10.5 Å². The molecule has 2 aromatic rings. The van der Waals surface area contributed by atoms with Crippen LogP contribution in [0.25, 0.3) is 0 Å². The Morgan fingerprint density at radius 3 is 2.63 bits per heavy atom. The van der Waals surface area contributed by atoms with Crippen molar-refractivity contribution in [3.63, 3.8) is 0 Å². The van der Waals surface area contributed by atoms with Crippen molar-refractivity contribution in [1.29, 1.82) is 0 Å². The largest absolute Gasteiger partial charge is 0.485 e. The topological polar surface area (TPSA) is 35.2 Å². The predicted molar refractivity (Wildman–Crippen MR) is 83.2 cm³/mol. The molecular formula is C15H13Br2NO. The summed E-state index contributed by atoms with van der Waals surface area (Å²) >= 11 is 6.96. The van der Waals surface area contributed by atoms with Crippen LogP contribution in [0.2, 0.25) is 0 Å². The van der Waals surface area contributed by atoms with E-state index in [0.717, 1.165) is 32.2 Å². The zero-order valence-corrected chi connectivity index (χ0v) is 13.3. The van der Waals surface area contributed by atoms with Gasteiger partial charge in [-0.05, 0) is 35.9 Å². The van der Waals surface area contributed by atoms with Crippen molar-refractivity contribution >= 4 is 31.9 Å². The van der Waals surface area contributed by atoms with Gasteiger partial charge in [-0.15, -0.1) is 0 Å². The molecule has 0 saturated carbocycles. The number of ether oxygens (including phenoxy) is 1. The summed E-state index contributed by atoms with van der Waals surface area (Å²) < 4.78 is 8.17. The summed E-state index contributed by atoms with van der Waals surface area (Å²) in [7, 11) is 0. The average molecular weight is 383 g/mol. The van der Waals surface area contributed by atoms with Crippen molar-refractivity contribution in [2.45, 2.75) is 18.6 Å². The normalized spacial score (nSPS) is 21.6. The molecule has 0 saturated heterocycles. The van der Waals surface area contributed by atoms with E-state index < -0.39 is 0 Å². The molecule has 2 atom stereocenters. The number of halogens is 2. The molecule has 4 heteroatoms. The first-order chi connectivity index (χ1) is 9.13. The number of nitrogens with two attached hydrogens (primary N) is 1. The van der Waals surface area contributed by atoms with Crippen LogP contribution in [-0.2, 0) is 0 Å². The van der Waals surface area contributed by atoms with Crippen LogP contribution in [0.4, 0.5) is 0 Å². The lowest BCUT2D eigenvalue weighted by atomic mass is 9.94. The lowest BCUT2D eigenvalue weighted by Crippen LogP contribution is -2.24. The first kappa shape index (κ1) is 13.2. The first-order valence-electron chi connectivity index (χ1n) is 6.10. The van der Waals surface area contributed by atoms with Gasteiger partial charge in [-0.1, -0.05) is 44.0 Å². The minimum Gasteiger partial charge on any atom is -0.485 e. The maximum absolute atomic E-state index is 6.27. The summed E-state index contributed by atoms with van der Waals surface area (Å²) in [6, 6.07) is 14.2. The van der Waals surface area contributed by atoms with E-state index in [1.807, 2.05) is 30.3 Å². The van der Waals surface area contributed by atoms with Gasteiger partial charge in [-0.2, -0.15) is 0 Å². The average Bonchev–Trinajstić information content (AvgIpc) is 2.39. The minimum atomic E-state index is 0.00484. The number of rotatable bonds is 1. The second-order valence-corrected chi connectivity index (χ2v) is 6.52. The molecule has 3 rings (SSSR count). The molecule has 0 spiro atoms. The van der Waals surface area contributed by atoms with Gasteiger partial charge >= 0.3 is 0 Å². The first-order valence-corrected chi connectivity index (χ1v) is 7.69. The Morgan fingerprint density at radius 1 is 1.05 bits per heavy atom. The summed E-state index contributed by atoms with van der Waals surface area (Å²) in [6.07, 6.45) is 0.807. The zero-order chi connectivity index (χ0) is 13.4. The SMILES string of the molecule is N[C@H]1CC(c2cccc(Br)c2)Oc2ccc(Br)cc21. The van der Waals surface area contributed by atoms with Gasteiger partial charge in [0.05, 0.1) is 0 Å². The van der Waals surface area contributed by atoms with E-state index in [9.17, 15) is 0 Å². The van der Waals surface area contributed by atoms with E-state index in [-0.39, 0.29) is 12.1 Å². The molecule has 2 aromatic carbocycles. The fraction of sp³-hybridized carbons (Fsp3) is 0.200. The molecule has 1 heterocycles. The molecule has 98 valence electrons. The van der Waals surface area contributed by atoms with E-state index >= 15 is 0 Å². The second kappa shape index (κ2) is 5.27. The maximum atomic E-state index is 6.27. The van der Waals surface area contributed by atoms with Crippen LogP contribution >= 0.6 is 31.9 Å². The summed E-state index contributed by atoms with van der Waals surface area (Å²) in [5, 5.41) is 0. The summed E-state index contributed by atoms with van der Waals surface area (Å²) in [4.78, 5) is 0. The van der Waals surface area contributed by atoms with E-state index in [4.69, 9.17) is 10.5 Å².